The number of aliphatic carboxylic acids is 1. The lowest BCUT2D eigenvalue weighted by Gasteiger charge is -2.26. The predicted molar refractivity (Wildman–Crippen MR) is 274 cm³/mol. The molecule has 0 heterocycles. The Morgan fingerprint density at radius 3 is 1.29 bits per heavy atom. The standard InChI is InChI=1S/C57H99NO8/c1-6-8-10-12-14-16-18-20-22-24-26-27-28-29-30-32-34-36-38-40-42-44-46-48-55(60)66-53(52-65-57(56(61)62)63-50-49-58(3,4)5)51-64-54(59)47-45-43-41-39-37-35-33-31-25-23-21-19-17-15-13-11-9-7-2/h8,10,14,16-17,19-20,22-23,25-27,53,57H,6-7,9,11-13,15,18,21,24,28-52H2,1-5H3/b10-8-,16-14-,19-17-,22-20-,25-23-,27-26-. The molecule has 0 saturated heterocycles. The first-order valence-corrected chi connectivity index (χ1v) is 26.6. The van der Waals surface area contributed by atoms with E-state index in [-0.39, 0.29) is 38.6 Å². The van der Waals surface area contributed by atoms with Crippen LogP contribution in [0.2, 0.25) is 0 Å². The number of quaternary nitrogens is 1. The Balaban J connectivity index is 4.34. The van der Waals surface area contributed by atoms with Gasteiger partial charge in [-0.2, -0.15) is 0 Å². The molecule has 0 aromatic heterocycles. The first-order chi connectivity index (χ1) is 32.1. The highest BCUT2D eigenvalue weighted by molar-refractivity contribution is 5.70. The predicted octanol–water partition coefficient (Wildman–Crippen LogP) is 13.7. The van der Waals surface area contributed by atoms with Crippen LogP contribution in [0.15, 0.2) is 72.9 Å². The van der Waals surface area contributed by atoms with Crippen LogP contribution in [0.4, 0.5) is 0 Å². The third-order valence-corrected chi connectivity index (χ3v) is 11.2. The van der Waals surface area contributed by atoms with Crippen LogP contribution in [0.5, 0.6) is 0 Å². The maximum atomic E-state index is 12.8. The van der Waals surface area contributed by atoms with E-state index >= 15 is 0 Å². The van der Waals surface area contributed by atoms with Crippen molar-refractivity contribution in [3.8, 4) is 0 Å². The van der Waals surface area contributed by atoms with Gasteiger partial charge in [0, 0.05) is 12.8 Å². The zero-order valence-corrected chi connectivity index (χ0v) is 43.0. The summed E-state index contributed by atoms with van der Waals surface area (Å²) in [6, 6.07) is 0. The molecular formula is C57H99NO8. The van der Waals surface area contributed by atoms with E-state index in [2.05, 4.69) is 86.8 Å². The number of carboxylic acid groups (broad SMARTS) is 1. The van der Waals surface area contributed by atoms with Gasteiger partial charge in [0.05, 0.1) is 40.3 Å². The summed E-state index contributed by atoms with van der Waals surface area (Å²) in [7, 11) is 5.91. The molecule has 0 N–H and O–H groups in total. The van der Waals surface area contributed by atoms with Gasteiger partial charge in [-0.05, 0) is 83.5 Å². The molecule has 0 aliphatic heterocycles. The lowest BCUT2D eigenvalue weighted by atomic mass is 10.0. The van der Waals surface area contributed by atoms with Crippen LogP contribution < -0.4 is 5.11 Å². The minimum absolute atomic E-state index is 0.142. The first-order valence-electron chi connectivity index (χ1n) is 26.6. The lowest BCUT2D eigenvalue weighted by molar-refractivity contribution is -0.870. The van der Waals surface area contributed by atoms with Crippen LogP contribution in [0.3, 0.4) is 0 Å². The largest absolute Gasteiger partial charge is 0.545 e. The van der Waals surface area contributed by atoms with Crippen LogP contribution in [-0.2, 0) is 33.3 Å². The summed E-state index contributed by atoms with van der Waals surface area (Å²) in [5.74, 6) is -2.30. The van der Waals surface area contributed by atoms with Crippen molar-refractivity contribution >= 4 is 17.9 Å². The third kappa shape index (κ3) is 48.7. The average molecular weight is 926 g/mol. The second-order valence-corrected chi connectivity index (χ2v) is 18.8. The molecule has 0 spiro atoms. The molecule has 0 aliphatic carbocycles. The number of likely N-dealkylation sites (N-methyl/N-ethyl adjacent to an activating group) is 1. The van der Waals surface area contributed by atoms with Gasteiger partial charge in [-0.3, -0.25) is 9.59 Å². The lowest BCUT2D eigenvalue weighted by Crippen LogP contribution is -2.44. The molecule has 0 bridgehead atoms. The summed E-state index contributed by atoms with van der Waals surface area (Å²) < 4.78 is 22.6. The fourth-order valence-electron chi connectivity index (χ4n) is 7.09. The van der Waals surface area contributed by atoms with Gasteiger partial charge in [-0.1, -0.05) is 189 Å². The van der Waals surface area contributed by atoms with E-state index in [1.807, 2.05) is 21.1 Å². The molecule has 0 amide bonds. The van der Waals surface area contributed by atoms with Crippen molar-refractivity contribution in [1.82, 2.24) is 0 Å². The van der Waals surface area contributed by atoms with Gasteiger partial charge in [0.15, 0.2) is 12.4 Å². The number of carbonyl (C=O) groups is 3. The molecule has 0 aromatic carbocycles. The summed E-state index contributed by atoms with van der Waals surface area (Å²) in [6.07, 6.45) is 57.9. The SMILES string of the molecule is CC/C=C\C/C=C\C/C=C\C/C=C\CCCCCCCCCCCCC(=O)OC(COC(=O)CCCCCCCCC/C=C\C/C=C\CCCCCC)COC(OCC[N+](C)(C)C)C(=O)[O-]. The topological polar surface area (TPSA) is 111 Å². The molecule has 0 aromatic rings. The van der Waals surface area contributed by atoms with Gasteiger partial charge in [-0.15, -0.1) is 0 Å². The fraction of sp³-hybridized carbons (Fsp3) is 0.737. The summed E-state index contributed by atoms with van der Waals surface area (Å²) in [5.41, 5.74) is 0. The fourth-order valence-corrected chi connectivity index (χ4v) is 7.09. The van der Waals surface area contributed by atoms with E-state index in [1.54, 1.807) is 0 Å². The Morgan fingerprint density at radius 1 is 0.470 bits per heavy atom. The summed E-state index contributed by atoms with van der Waals surface area (Å²) >= 11 is 0. The minimum Gasteiger partial charge on any atom is -0.545 e. The number of carboxylic acids is 1. The highest BCUT2D eigenvalue weighted by atomic mass is 16.7. The summed E-state index contributed by atoms with van der Waals surface area (Å²) in [5, 5.41) is 11.7. The molecule has 0 radical (unpaired) electrons. The number of ether oxygens (including phenoxy) is 4. The zero-order chi connectivity index (χ0) is 48.4. The Kier molecular flexibility index (Phi) is 45.8. The molecular weight excluding hydrogens is 827 g/mol. The van der Waals surface area contributed by atoms with Crippen LogP contribution in [-0.4, -0.2) is 82.3 Å². The molecule has 2 unspecified atom stereocenters. The van der Waals surface area contributed by atoms with Crippen molar-refractivity contribution in [2.24, 2.45) is 0 Å². The number of rotatable bonds is 48. The van der Waals surface area contributed by atoms with Gasteiger partial charge < -0.3 is 33.3 Å². The van der Waals surface area contributed by atoms with Crippen molar-refractivity contribution in [3.63, 3.8) is 0 Å². The van der Waals surface area contributed by atoms with Crippen molar-refractivity contribution < 1.29 is 42.9 Å². The highest BCUT2D eigenvalue weighted by Gasteiger charge is 2.22. The van der Waals surface area contributed by atoms with Crippen LogP contribution >= 0.6 is 0 Å². The molecule has 0 fully saturated rings. The monoisotopic (exact) mass is 926 g/mol. The maximum Gasteiger partial charge on any atom is 0.306 e. The van der Waals surface area contributed by atoms with Gasteiger partial charge in [0.25, 0.3) is 0 Å². The molecule has 9 heteroatoms. The molecule has 0 rings (SSSR count). The Bertz CT molecular complexity index is 1310. The minimum atomic E-state index is -1.63. The number of esters is 2. The van der Waals surface area contributed by atoms with Crippen LogP contribution in [0.1, 0.15) is 213 Å². The van der Waals surface area contributed by atoms with E-state index in [4.69, 9.17) is 18.9 Å². The van der Waals surface area contributed by atoms with Gasteiger partial charge in [0.2, 0.25) is 0 Å². The molecule has 380 valence electrons. The maximum absolute atomic E-state index is 12.8. The second-order valence-electron chi connectivity index (χ2n) is 18.8. The van der Waals surface area contributed by atoms with E-state index in [0.717, 1.165) is 89.9 Å². The van der Waals surface area contributed by atoms with Crippen molar-refractivity contribution in [2.45, 2.75) is 225 Å². The Labute approximate surface area is 405 Å². The highest BCUT2D eigenvalue weighted by Crippen LogP contribution is 2.15. The summed E-state index contributed by atoms with van der Waals surface area (Å²) in [4.78, 5) is 37.2. The van der Waals surface area contributed by atoms with E-state index < -0.39 is 24.3 Å². The van der Waals surface area contributed by atoms with Crippen molar-refractivity contribution in [1.29, 1.82) is 0 Å². The molecule has 0 saturated carbocycles. The van der Waals surface area contributed by atoms with E-state index in [1.165, 1.54) is 89.9 Å². The summed E-state index contributed by atoms with van der Waals surface area (Å²) in [6.45, 7) is 4.60. The quantitative estimate of drug-likeness (QED) is 0.0195. The van der Waals surface area contributed by atoms with Gasteiger partial charge in [0.1, 0.15) is 13.2 Å². The molecule has 2 atom stereocenters. The van der Waals surface area contributed by atoms with Crippen molar-refractivity contribution in [3.05, 3.63) is 72.9 Å². The normalized spacial score (nSPS) is 13.4. The number of carbonyl (C=O) groups excluding carboxylic acids is 3. The molecule has 9 nitrogen and oxygen atoms in total. The van der Waals surface area contributed by atoms with Crippen LogP contribution in [0, 0.1) is 0 Å². The number of unbranched alkanes of at least 4 members (excludes halogenated alkanes) is 21. The molecule has 66 heavy (non-hydrogen) atoms. The van der Waals surface area contributed by atoms with E-state index in [0.29, 0.717) is 17.4 Å². The average Bonchev–Trinajstić information content (AvgIpc) is 3.28. The number of hydrogen-bond acceptors (Lipinski definition) is 8. The zero-order valence-electron chi connectivity index (χ0n) is 43.0. The number of nitrogens with zero attached hydrogens (tertiary/aromatic N) is 1. The Hall–Kier alpha value is -3.27. The number of hydrogen-bond donors (Lipinski definition) is 0. The first kappa shape index (κ1) is 62.7. The third-order valence-electron chi connectivity index (χ3n) is 11.2. The van der Waals surface area contributed by atoms with E-state index in [9.17, 15) is 19.5 Å². The molecule has 0 aliphatic rings. The van der Waals surface area contributed by atoms with Crippen molar-refractivity contribution in [2.75, 3.05) is 47.5 Å². The smallest absolute Gasteiger partial charge is 0.306 e. The van der Waals surface area contributed by atoms with Gasteiger partial charge >= 0.3 is 11.9 Å². The Morgan fingerprint density at radius 2 is 0.864 bits per heavy atom. The second kappa shape index (κ2) is 48.2. The number of allylic oxidation sites excluding steroid dienone is 12. The van der Waals surface area contributed by atoms with Crippen LogP contribution in [0.25, 0.3) is 0 Å². The van der Waals surface area contributed by atoms with Gasteiger partial charge in [-0.25, -0.2) is 0 Å².